The van der Waals surface area contributed by atoms with Crippen molar-refractivity contribution in [3.63, 3.8) is 0 Å². The number of methoxy groups -OCH3 is 1. The van der Waals surface area contributed by atoms with Crippen LogP contribution < -0.4 is 10.1 Å². The van der Waals surface area contributed by atoms with Gasteiger partial charge in [-0.15, -0.1) is 0 Å². The first-order valence-electron chi connectivity index (χ1n) is 6.49. The smallest absolute Gasteiger partial charge is 0.165 e. The summed E-state index contributed by atoms with van der Waals surface area (Å²) in [4.78, 5) is 0. The molecule has 0 bridgehead atoms. The number of rotatable bonds is 5. The van der Waals surface area contributed by atoms with Crippen molar-refractivity contribution < 1.29 is 13.5 Å². The minimum atomic E-state index is -0.454. The average Bonchev–Trinajstić information content (AvgIpc) is 2.48. The Labute approximate surface area is 127 Å². The van der Waals surface area contributed by atoms with Crippen LogP contribution in [0.3, 0.4) is 0 Å². The molecule has 0 spiro atoms. The van der Waals surface area contributed by atoms with Gasteiger partial charge in [0, 0.05) is 6.04 Å². The summed E-state index contributed by atoms with van der Waals surface area (Å²) in [5, 5.41) is 3.20. The zero-order valence-corrected chi connectivity index (χ0v) is 12.5. The van der Waals surface area contributed by atoms with Gasteiger partial charge in [-0.1, -0.05) is 23.7 Å². The summed E-state index contributed by atoms with van der Waals surface area (Å²) in [6.07, 6.45) is 0.524. The predicted molar refractivity (Wildman–Crippen MR) is 79.9 cm³/mol. The Morgan fingerprint density at radius 2 is 1.90 bits per heavy atom. The maximum absolute atomic E-state index is 13.8. The molecule has 0 aliphatic carbocycles. The number of benzene rings is 2. The zero-order valence-electron chi connectivity index (χ0n) is 11.8. The van der Waals surface area contributed by atoms with Crippen molar-refractivity contribution in [2.75, 3.05) is 14.2 Å². The number of halogens is 3. The first-order valence-corrected chi connectivity index (χ1v) is 6.87. The topological polar surface area (TPSA) is 21.3 Å². The lowest BCUT2D eigenvalue weighted by Crippen LogP contribution is -2.19. The molecule has 0 fully saturated rings. The Balaban J connectivity index is 2.23. The first kappa shape index (κ1) is 15.7. The Kier molecular flexibility index (Phi) is 5.15. The van der Waals surface area contributed by atoms with Gasteiger partial charge in [0.05, 0.1) is 12.1 Å². The lowest BCUT2D eigenvalue weighted by molar-refractivity contribution is 0.385. The molecule has 0 saturated carbocycles. The Morgan fingerprint density at radius 1 is 1.14 bits per heavy atom. The molecule has 5 heteroatoms. The summed E-state index contributed by atoms with van der Waals surface area (Å²) in [5.41, 5.74) is 1.55. The van der Waals surface area contributed by atoms with Gasteiger partial charge in [-0.3, -0.25) is 0 Å². The lowest BCUT2D eigenvalue weighted by atomic mass is 9.98. The number of hydrogen-bond donors (Lipinski definition) is 1. The maximum atomic E-state index is 13.8. The van der Waals surface area contributed by atoms with E-state index in [0.717, 1.165) is 11.1 Å². The minimum Gasteiger partial charge on any atom is -0.494 e. The van der Waals surface area contributed by atoms with Crippen molar-refractivity contribution in [3.05, 3.63) is 64.2 Å². The van der Waals surface area contributed by atoms with Gasteiger partial charge < -0.3 is 10.1 Å². The molecule has 0 saturated heterocycles. The van der Waals surface area contributed by atoms with E-state index in [9.17, 15) is 8.78 Å². The van der Waals surface area contributed by atoms with Gasteiger partial charge in [-0.2, -0.15) is 0 Å². The molecule has 21 heavy (non-hydrogen) atoms. The number of ether oxygens (including phenoxy) is 1. The molecule has 0 aliphatic rings. The van der Waals surface area contributed by atoms with Crippen molar-refractivity contribution in [3.8, 4) is 5.75 Å². The highest BCUT2D eigenvalue weighted by atomic mass is 35.5. The standard InChI is InChI=1S/C16H16ClF2NO/c1-20-15(8-10-3-5-12(17)13(18)7-10)11-4-6-16(21-2)14(19)9-11/h3-7,9,15,20H,8H2,1-2H3. The van der Waals surface area contributed by atoms with Crippen molar-refractivity contribution in [2.45, 2.75) is 12.5 Å². The zero-order chi connectivity index (χ0) is 15.4. The fourth-order valence-electron chi connectivity index (χ4n) is 2.19. The van der Waals surface area contributed by atoms with Crippen LogP contribution in [0.15, 0.2) is 36.4 Å². The SMILES string of the molecule is CNC(Cc1ccc(Cl)c(F)c1)c1ccc(OC)c(F)c1. The van der Waals surface area contributed by atoms with Gasteiger partial charge in [0.2, 0.25) is 0 Å². The van der Waals surface area contributed by atoms with Crippen LogP contribution in [-0.4, -0.2) is 14.2 Å². The number of likely N-dealkylation sites (N-methyl/N-ethyl adjacent to an activating group) is 1. The van der Waals surface area contributed by atoms with Gasteiger partial charge >= 0.3 is 0 Å². The van der Waals surface area contributed by atoms with Crippen molar-refractivity contribution in [2.24, 2.45) is 0 Å². The lowest BCUT2D eigenvalue weighted by Gasteiger charge is -2.17. The second-order valence-electron chi connectivity index (χ2n) is 4.69. The van der Waals surface area contributed by atoms with E-state index in [1.54, 1.807) is 25.2 Å². The second-order valence-corrected chi connectivity index (χ2v) is 5.10. The summed E-state index contributed by atoms with van der Waals surface area (Å²) >= 11 is 5.67. The Bertz CT molecular complexity index is 634. The number of nitrogens with one attached hydrogen (secondary N) is 1. The number of hydrogen-bond acceptors (Lipinski definition) is 2. The molecule has 2 aromatic carbocycles. The summed E-state index contributed by atoms with van der Waals surface area (Å²) in [7, 11) is 3.20. The average molecular weight is 312 g/mol. The molecule has 2 nitrogen and oxygen atoms in total. The van der Waals surface area contributed by atoms with Crippen LogP contribution in [0, 0.1) is 11.6 Å². The van der Waals surface area contributed by atoms with E-state index in [-0.39, 0.29) is 16.8 Å². The van der Waals surface area contributed by atoms with Crippen LogP contribution in [0.25, 0.3) is 0 Å². The van der Waals surface area contributed by atoms with Crippen molar-refractivity contribution >= 4 is 11.6 Å². The third-order valence-corrected chi connectivity index (χ3v) is 3.66. The fourth-order valence-corrected chi connectivity index (χ4v) is 2.31. The van der Waals surface area contributed by atoms with Crippen LogP contribution in [0.1, 0.15) is 17.2 Å². The molecule has 1 N–H and O–H groups in total. The van der Waals surface area contributed by atoms with Crippen molar-refractivity contribution in [1.29, 1.82) is 0 Å². The Morgan fingerprint density at radius 3 is 2.48 bits per heavy atom. The molecule has 2 rings (SSSR count). The highest BCUT2D eigenvalue weighted by Gasteiger charge is 2.14. The minimum absolute atomic E-state index is 0.0928. The van der Waals surface area contributed by atoms with Crippen LogP contribution in [0.5, 0.6) is 5.75 Å². The Hall–Kier alpha value is -1.65. The largest absolute Gasteiger partial charge is 0.494 e. The van der Waals surface area contributed by atoms with Crippen molar-refractivity contribution in [1.82, 2.24) is 5.32 Å². The van der Waals surface area contributed by atoms with Gasteiger partial charge in [-0.05, 0) is 48.9 Å². The van der Waals surface area contributed by atoms with Gasteiger partial charge in [0.25, 0.3) is 0 Å². The van der Waals surface area contributed by atoms with E-state index in [0.29, 0.717) is 6.42 Å². The predicted octanol–water partition coefficient (Wildman–Crippen LogP) is 4.13. The molecule has 0 aromatic heterocycles. The second kappa shape index (κ2) is 6.87. The van der Waals surface area contributed by atoms with Gasteiger partial charge in [0.1, 0.15) is 5.82 Å². The normalized spacial score (nSPS) is 12.2. The molecule has 1 unspecified atom stereocenters. The van der Waals surface area contributed by atoms with Gasteiger partial charge in [-0.25, -0.2) is 8.78 Å². The van der Waals surface area contributed by atoms with Crippen LogP contribution in [0.2, 0.25) is 5.02 Å². The highest BCUT2D eigenvalue weighted by Crippen LogP contribution is 2.25. The van der Waals surface area contributed by atoms with E-state index >= 15 is 0 Å². The summed E-state index contributed by atoms with van der Waals surface area (Å²) in [6, 6.07) is 9.33. The molecule has 1 atom stereocenters. The quantitative estimate of drug-likeness (QED) is 0.896. The third-order valence-electron chi connectivity index (χ3n) is 3.35. The highest BCUT2D eigenvalue weighted by molar-refractivity contribution is 6.30. The van der Waals surface area contributed by atoms with E-state index < -0.39 is 11.6 Å². The molecular formula is C16H16ClF2NO. The van der Waals surface area contributed by atoms with Gasteiger partial charge in [0.15, 0.2) is 11.6 Å². The molecule has 0 aliphatic heterocycles. The first-order chi connectivity index (χ1) is 10.0. The molecule has 2 aromatic rings. The molecule has 112 valence electrons. The fraction of sp³-hybridized carbons (Fsp3) is 0.250. The molecule has 0 amide bonds. The van der Waals surface area contributed by atoms with Crippen LogP contribution >= 0.6 is 11.6 Å². The van der Waals surface area contributed by atoms with Crippen LogP contribution in [0.4, 0.5) is 8.78 Å². The van der Waals surface area contributed by atoms with E-state index in [1.165, 1.54) is 25.3 Å². The maximum Gasteiger partial charge on any atom is 0.165 e. The molecule has 0 radical (unpaired) electrons. The summed E-state index contributed by atoms with van der Waals surface area (Å²) < 4.78 is 32.1. The van der Waals surface area contributed by atoms with E-state index in [1.807, 2.05) is 0 Å². The molecule has 0 heterocycles. The third kappa shape index (κ3) is 3.71. The summed E-state index contributed by atoms with van der Waals surface area (Å²) in [6.45, 7) is 0. The van der Waals surface area contributed by atoms with E-state index in [4.69, 9.17) is 16.3 Å². The van der Waals surface area contributed by atoms with E-state index in [2.05, 4.69) is 5.32 Å². The monoisotopic (exact) mass is 311 g/mol. The van der Waals surface area contributed by atoms with Crippen LogP contribution in [-0.2, 0) is 6.42 Å². The summed E-state index contributed by atoms with van der Waals surface area (Å²) in [5.74, 6) is -0.673. The molecular weight excluding hydrogens is 296 g/mol.